The summed E-state index contributed by atoms with van der Waals surface area (Å²) in [7, 11) is 0. The average Bonchev–Trinajstić information content (AvgIpc) is 0.811. The van der Waals surface area contributed by atoms with E-state index in [-0.39, 0.29) is 42.8 Å². The first-order valence-electron chi connectivity index (χ1n) is 0.429. The summed E-state index contributed by atoms with van der Waals surface area (Å²) in [4.78, 5) is 0. The molecule has 0 saturated heterocycles. The molecule has 0 spiro atoms. The molecule has 0 aromatic rings. The molecule has 0 atom stereocenters. The summed E-state index contributed by atoms with van der Waals surface area (Å²) in [5.41, 5.74) is 0. The van der Waals surface area contributed by atoms with Crippen molar-refractivity contribution in [1.29, 1.82) is 0 Å². The summed E-state index contributed by atoms with van der Waals surface area (Å²) < 4.78 is 0. The Morgan fingerprint density at radius 2 is 1.00 bits per heavy atom. The first-order chi connectivity index (χ1) is 1.73. The topological polar surface area (TPSA) is 0 Å². The second-order valence-electron chi connectivity index (χ2n) is 0.162. The summed E-state index contributed by atoms with van der Waals surface area (Å²) in [6.07, 6.45) is 0. The summed E-state index contributed by atoms with van der Waals surface area (Å²) >= 11 is 6.95. The Labute approximate surface area is 97.4 Å². The van der Waals surface area contributed by atoms with E-state index in [4.69, 9.17) is 0 Å². The van der Waals surface area contributed by atoms with Gasteiger partial charge in [-0.1, -0.05) is 0 Å². The maximum atomic E-state index is 2.50. The monoisotopic (exact) mass is 668 g/mol. The van der Waals surface area contributed by atoms with Gasteiger partial charge in [-0.25, -0.2) is 0 Å². The zero-order valence-corrected chi connectivity index (χ0v) is 13.9. The summed E-state index contributed by atoms with van der Waals surface area (Å²) in [5.74, 6) is 0. The molecule has 0 aromatic carbocycles. The van der Waals surface area contributed by atoms with Gasteiger partial charge in [-0.2, -0.15) is 0 Å². The van der Waals surface area contributed by atoms with Crippen LogP contribution in [0.2, 0.25) is 0 Å². The van der Waals surface area contributed by atoms with Crippen LogP contribution in [-0.4, -0.2) is 0 Å². The van der Waals surface area contributed by atoms with Crippen LogP contribution in [0.25, 0.3) is 0 Å². The summed E-state index contributed by atoms with van der Waals surface area (Å²) in [6, 6.07) is 0. The molecule has 0 nitrogen and oxygen atoms in total. The smallest absolute Gasteiger partial charge is 1.00 e. The molecule has 0 aliphatic heterocycles. The molecule has 0 radical (unpaired) electrons. The Hall–Kier alpha value is 5.10. The van der Waals surface area contributed by atoms with Gasteiger partial charge in [-0.3, -0.25) is 0 Å². The van der Waals surface area contributed by atoms with Crippen LogP contribution >= 0.6 is 35.5 Å². The molecule has 0 bridgehead atoms. The zero-order chi connectivity index (χ0) is 3.58. The van der Waals surface area contributed by atoms with E-state index >= 15 is 0 Å². The van der Waals surface area contributed by atoms with E-state index in [0.717, 1.165) is 0 Å². The summed E-state index contributed by atoms with van der Waals surface area (Å²) in [6.45, 7) is 0. The van der Waals surface area contributed by atoms with Gasteiger partial charge in [-0.05, 0) is 0 Å². The second-order valence-corrected chi connectivity index (χ2v) is 54.1. The maximum absolute atomic E-state index is 2.50. The number of hydrogen-bond acceptors (Lipinski definition) is 0. The molecule has 0 aliphatic rings. The van der Waals surface area contributed by atoms with Gasteiger partial charge in [0.2, 0.25) is 0 Å². The van der Waals surface area contributed by atoms with Crippen LogP contribution in [0.1, 0.15) is 0 Å². The van der Waals surface area contributed by atoms with Gasteiger partial charge in [0.1, 0.15) is 0 Å². The van der Waals surface area contributed by atoms with Crippen LogP contribution < -0.4 is 42.8 Å². The van der Waals surface area contributed by atoms with E-state index in [0.29, 0.717) is 0 Å². The van der Waals surface area contributed by atoms with Crippen molar-refractivity contribution < 1.29 is 66.8 Å². The van der Waals surface area contributed by atoms with E-state index in [2.05, 4.69) is 35.5 Å². The van der Waals surface area contributed by atoms with Crippen molar-refractivity contribution in [2.75, 3.05) is 0 Å². The molecule has 36 valence electrons. The van der Waals surface area contributed by atoms with Crippen molar-refractivity contribution in [1.82, 2.24) is 0 Å². The van der Waals surface area contributed by atoms with Gasteiger partial charge in [-0.15, -0.1) is 0 Å². The van der Waals surface area contributed by atoms with Crippen molar-refractivity contribution in [3.8, 4) is 0 Å². The Balaban J connectivity index is -0.0000000450. The maximum Gasteiger partial charge on any atom is 1.00 e. The molecule has 0 heterocycles. The van der Waals surface area contributed by atoms with Gasteiger partial charge in [0, 0.05) is 0 Å². The average molecular weight is 667 g/mol. The van der Waals surface area contributed by atoms with Crippen molar-refractivity contribution >= 4 is 35.5 Å². The predicted molar refractivity (Wildman–Crippen MR) is 42.1 cm³/mol. The Kier molecular flexibility index (Phi) is 36.7. The molecule has 6 heavy (non-hydrogen) atoms. The van der Waals surface area contributed by atoms with Gasteiger partial charge in [0.15, 0.2) is 0 Å². The second kappa shape index (κ2) is 12.7. The van der Waals surface area contributed by atoms with E-state index in [1.165, 1.54) is 0 Å². The third-order valence-electron chi connectivity index (χ3n) is 0. The van der Waals surface area contributed by atoms with Crippen molar-refractivity contribution in [3.05, 3.63) is 0 Å². The SMILES string of the molecule is [I-].[I][Eu]([I])[I].[Li+]. The van der Waals surface area contributed by atoms with E-state index in [1.807, 2.05) is 0 Å². The number of halogens is 4. The van der Waals surface area contributed by atoms with Gasteiger partial charge >= 0.3 is 78.3 Å². The molecule has 0 fully saturated rings. The molecule has 0 aliphatic carbocycles. The molecular weight excluding hydrogens is 667 g/mol. The molecule has 0 saturated carbocycles. The van der Waals surface area contributed by atoms with Crippen molar-refractivity contribution in [2.24, 2.45) is 0 Å². The van der Waals surface area contributed by atoms with Gasteiger partial charge in [0.25, 0.3) is 0 Å². The van der Waals surface area contributed by atoms with Crippen LogP contribution in [0.4, 0.5) is 0 Å². The predicted octanol–water partition coefficient (Wildman–Crippen LogP) is -3.33. The minimum Gasteiger partial charge on any atom is 1.00 e. The van der Waals surface area contributed by atoms with Crippen LogP contribution in [0.15, 0.2) is 0 Å². The fraction of sp³-hybridized carbons (Fsp3) is 0. The number of hydrogen-bond donors (Lipinski definition) is 0. The standard InChI is InChI=1S/Eu.4HI.Li/h;4*1H;/q+3;;;;;+1/p-4. The van der Waals surface area contributed by atoms with Crippen LogP contribution in [0, 0.1) is 24.0 Å². The van der Waals surface area contributed by atoms with Crippen molar-refractivity contribution in [3.63, 3.8) is 0 Å². The molecule has 0 amide bonds. The third-order valence-corrected chi connectivity index (χ3v) is 0. The van der Waals surface area contributed by atoms with Crippen LogP contribution in [0.5, 0.6) is 0 Å². The largest absolute Gasteiger partial charge is 1.00 e. The van der Waals surface area contributed by atoms with E-state index < -0.39 is 24.0 Å². The zero-order valence-electron chi connectivity index (χ0n) is 2.89. The first kappa shape index (κ1) is 17.3. The minimum atomic E-state index is -0.553. The quantitative estimate of drug-likeness (QED) is 0.188. The molecule has 6 heteroatoms. The van der Waals surface area contributed by atoms with Crippen molar-refractivity contribution in [2.45, 2.75) is 0 Å². The fourth-order valence-electron chi connectivity index (χ4n) is 0. The van der Waals surface area contributed by atoms with Crippen LogP contribution in [-0.2, 0) is 0 Å². The Bertz CT molecular complexity index is 12.3. The Morgan fingerprint density at radius 3 is 1.00 bits per heavy atom. The minimum absolute atomic E-state index is 0. The summed E-state index contributed by atoms with van der Waals surface area (Å²) in [5, 5.41) is 0. The fourth-order valence-corrected chi connectivity index (χ4v) is 0. The van der Waals surface area contributed by atoms with Crippen LogP contribution in [0.3, 0.4) is 0 Å². The molecular formula is EuI4Li. The molecule has 0 unspecified atom stereocenters. The number of rotatable bonds is 0. The Morgan fingerprint density at radius 1 is 1.00 bits per heavy atom. The van der Waals surface area contributed by atoms with Gasteiger partial charge < -0.3 is 24.0 Å². The molecule has 0 N–H and O–H groups in total. The third kappa shape index (κ3) is 23.0. The van der Waals surface area contributed by atoms with Gasteiger partial charge in [0.05, 0.1) is 0 Å². The van der Waals surface area contributed by atoms with E-state index in [1.54, 1.807) is 0 Å². The normalized spacial score (nSPS) is 7.50. The molecule has 0 rings (SSSR count). The van der Waals surface area contributed by atoms with E-state index in [9.17, 15) is 0 Å². The molecule has 0 aromatic heterocycles. The first-order valence-corrected chi connectivity index (χ1v) is 21.3.